The first-order valence-electron chi connectivity index (χ1n) is 10.2. The maximum atomic E-state index is 12.3. The van der Waals surface area contributed by atoms with E-state index in [1.54, 1.807) is 18.2 Å². The Bertz CT molecular complexity index is 1350. The van der Waals surface area contributed by atoms with Crippen LogP contribution in [0, 0.1) is 6.92 Å². The van der Waals surface area contributed by atoms with E-state index in [0.717, 1.165) is 23.2 Å². The predicted octanol–water partition coefficient (Wildman–Crippen LogP) is -1.34. The van der Waals surface area contributed by atoms with Crippen molar-refractivity contribution in [2.24, 2.45) is 0 Å². The van der Waals surface area contributed by atoms with Crippen molar-refractivity contribution in [3.8, 4) is 11.3 Å². The van der Waals surface area contributed by atoms with Gasteiger partial charge >= 0.3 is 18.9 Å². The average molecular weight is 435 g/mol. The quantitative estimate of drug-likeness (QED) is 0.359. The molecule has 0 fully saturated rings. The van der Waals surface area contributed by atoms with Crippen molar-refractivity contribution in [3.05, 3.63) is 99.5 Å². The zero-order valence-electron chi connectivity index (χ0n) is 18.6. The van der Waals surface area contributed by atoms with Gasteiger partial charge in [-0.25, -0.2) is 4.68 Å². The second-order valence-corrected chi connectivity index (χ2v) is 7.59. The van der Waals surface area contributed by atoms with E-state index in [4.69, 9.17) is 5.73 Å². The smallest absolute Gasteiger partial charge is 0.545 e. The van der Waals surface area contributed by atoms with Crippen molar-refractivity contribution >= 4 is 11.8 Å². The maximum Gasteiger partial charge on any atom is 1.00 e. The Labute approximate surface area is 202 Å². The van der Waals surface area contributed by atoms with E-state index in [0.29, 0.717) is 23.6 Å². The second-order valence-electron chi connectivity index (χ2n) is 7.59. The van der Waals surface area contributed by atoms with E-state index in [2.05, 4.69) is 10.2 Å². The summed E-state index contributed by atoms with van der Waals surface area (Å²) in [5.41, 5.74) is 9.86. The number of aryl methyl sites for hydroxylation is 3. The summed E-state index contributed by atoms with van der Waals surface area (Å²) in [7, 11) is 0. The van der Waals surface area contributed by atoms with Crippen LogP contribution in [0.1, 0.15) is 27.2 Å². The molecule has 0 aliphatic rings. The molecule has 0 spiro atoms. The molecule has 9 heteroatoms. The number of carboxylic acid groups (broad SMARTS) is 1. The molecule has 0 saturated carbocycles. The van der Waals surface area contributed by atoms with Gasteiger partial charge in [0.05, 0.1) is 18.2 Å². The molecule has 2 N–H and O–H groups in total. The van der Waals surface area contributed by atoms with Crippen LogP contribution in [0.15, 0.2) is 71.5 Å². The van der Waals surface area contributed by atoms with Gasteiger partial charge in [0.2, 0.25) is 0 Å². The van der Waals surface area contributed by atoms with Gasteiger partial charge in [0.1, 0.15) is 5.82 Å². The second kappa shape index (κ2) is 10.3. The number of carboxylic acids is 1. The molecule has 0 aliphatic heterocycles. The van der Waals surface area contributed by atoms with Crippen LogP contribution in [0.5, 0.6) is 0 Å². The Hall–Kier alpha value is -3.60. The van der Waals surface area contributed by atoms with Crippen LogP contribution in [0.4, 0.5) is 5.82 Å². The molecular formula is C24H22LiN5O3. The molecule has 0 atom stereocenters. The largest absolute Gasteiger partial charge is 1.00 e. The Balaban J connectivity index is 0.00000306. The zero-order chi connectivity index (χ0) is 22.7. The SMILES string of the molecule is Cc1cc(N)nn1CCc1cccc(-c2ccc(=O)n(Cc3cccc(C(=O)[O-])c3)n2)c1.[Li+]. The third-order valence-corrected chi connectivity index (χ3v) is 5.20. The van der Waals surface area contributed by atoms with Gasteiger partial charge < -0.3 is 15.6 Å². The number of carbonyl (C=O) groups is 1. The zero-order valence-corrected chi connectivity index (χ0v) is 18.6. The Morgan fingerprint density at radius 1 is 0.970 bits per heavy atom. The van der Waals surface area contributed by atoms with Crippen LogP contribution >= 0.6 is 0 Å². The van der Waals surface area contributed by atoms with Gasteiger partial charge in [0.15, 0.2) is 0 Å². The average Bonchev–Trinajstić information content (AvgIpc) is 3.11. The molecule has 33 heavy (non-hydrogen) atoms. The fourth-order valence-electron chi connectivity index (χ4n) is 3.57. The van der Waals surface area contributed by atoms with Crippen molar-refractivity contribution < 1.29 is 28.8 Å². The number of aromatic nitrogens is 4. The summed E-state index contributed by atoms with van der Waals surface area (Å²) in [5, 5.41) is 19.9. The van der Waals surface area contributed by atoms with Gasteiger partial charge in [-0.15, -0.1) is 0 Å². The fraction of sp³-hybridized carbons (Fsp3) is 0.167. The fourth-order valence-corrected chi connectivity index (χ4v) is 3.57. The molecule has 0 radical (unpaired) electrons. The van der Waals surface area contributed by atoms with E-state index in [1.807, 2.05) is 41.9 Å². The monoisotopic (exact) mass is 435 g/mol. The summed E-state index contributed by atoms with van der Waals surface area (Å²) in [4.78, 5) is 23.4. The minimum absolute atomic E-state index is 0. The Morgan fingerprint density at radius 3 is 2.45 bits per heavy atom. The normalized spacial score (nSPS) is 10.6. The number of nitrogens with zero attached hydrogens (tertiary/aromatic N) is 4. The summed E-state index contributed by atoms with van der Waals surface area (Å²) >= 11 is 0. The molecule has 2 aromatic carbocycles. The van der Waals surface area contributed by atoms with Crippen molar-refractivity contribution in [1.82, 2.24) is 19.6 Å². The molecule has 162 valence electrons. The van der Waals surface area contributed by atoms with Gasteiger partial charge in [-0.1, -0.05) is 36.4 Å². The van der Waals surface area contributed by atoms with E-state index >= 15 is 0 Å². The van der Waals surface area contributed by atoms with Crippen LogP contribution < -0.4 is 35.3 Å². The molecule has 0 amide bonds. The number of benzene rings is 2. The minimum Gasteiger partial charge on any atom is -0.545 e. The first kappa shape index (κ1) is 24.0. The summed E-state index contributed by atoms with van der Waals surface area (Å²) in [6.45, 7) is 2.83. The standard InChI is InChI=1S/C24H23N5O3.Li/c1-16-12-22(25)27-28(16)11-10-17-4-2-6-19(13-17)21-8-9-23(30)29(26-21)15-18-5-3-7-20(14-18)24(31)32;/h2-9,12-14H,10-11,15H2,1H3,(H2,25,27)(H,31,32);/q;+1/p-1. The first-order valence-corrected chi connectivity index (χ1v) is 10.2. The van der Waals surface area contributed by atoms with E-state index < -0.39 is 5.97 Å². The minimum atomic E-state index is -1.26. The van der Waals surface area contributed by atoms with Crippen LogP contribution in [-0.4, -0.2) is 25.5 Å². The summed E-state index contributed by atoms with van der Waals surface area (Å²) in [6.07, 6.45) is 0.769. The third-order valence-electron chi connectivity index (χ3n) is 5.20. The van der Waals surface area contributed by atoms with Gasteiger partial charge in [-0.2, -0.15) is 10.2 Å². The van der Waals surface area contributed by atoms with Gasteiger partial charge in [-0.05, 0) is 48.2 Å². The first-order chi connectivity index (χ1) is 15.4. The summed E-state index contributed by atoms with van der Waals surface area (Å²) in [5.74, 6) is -0.751. The van der Waals surface area contributed by atoms with Gasteiger partial charge in [-0.3, -0.25) is 9.48 Å². The van der Waals surface area contributed by atoms with Crippen LogP contribution in [0.25, 0.3) is 11.3 Å². The molecule has 0 aliphatic carbocycles. The molecule has 4 rings (SSSR count). The van der Waals surface area contributed by atoms with Crippen molar-refractivity contribution in [1.29, 1.82) is 0 Å². The van der Waals surface area contributed by atoms with Crippen LogP contribution in [0.2, 0.25) is 0 Å². The molecule has 0 unspecified atom stereocenters. The van der Waals surface area contributed by atoms with E-state index in [9.17, 15) is 14.7 Å². The van der Waals surface area contributed by atoms with E-state index in [-0.39, 0.29) is 36.5 Å². The molecule has 0 saturated heterocycles. The number of carbonyl (C=O) groups excluding carboxylic acids is 1. The number of aromatic carboxylic acids is 1. The summed E-state index contributed by atoms with van der Waals surface area (Å²) < 4.78 is 3.20. The Kier molecular flexibility index (Phi) is 7.54. The van der Waals surface area contributed by atoms with E-state index in [1.165, 1.54) is 22.9 Å². The maximum absolute atomic E-state index is 12.3. The van der Waals surface area contributed by atoms with Crippen molar-refractivity contribution in [2.45, 2.75) is 26.4 Å². The van der Waals surface area contributed by atoms with Crippen LogP contribution in [-0.2, 0) is 19.5 Å². The predicted molar refractivity (Wildman–Crippen MR) is 119 cm³/mol. The number of anilines is 1. The number of rotatable bonds is 7. The number of hydrogen-bond donors (Lipinski definition) is 1. The van der Waals surface area contributed by atoms with Crippen molar-refractivity contribution in [3.63, 3.8) is 0 Å². The van der Waals surface area contributed by atoms with Gasteiger partial charge in [0, 0.05) is 29.9 Å². The number of hydrogen-bond acceptors (Lipinski definition) is 6. The number of nitrogen functional groups attached to an aromatic ring is 1. The summed E-state index contributed by atoms with van der Waals surface area (Å²) in [6, 6.07) is 19.3. The molecule has 2 aromatic heterocycles. The van der Waals surface area contributed by atoms with Crippen molar-refractivity contribution in [2.75, 3.05) is 5.73 Å². The molecular weight excluding hydrogens is 413 g/mol. The molecule has 4 aromatic rings. The topological polar surface area (TPSA) is 119 Å². The molecule has 2 heterocycles. The van der Waals surface area contributed by atoms with Gasteiger partial charge in [0.25, 0.3) is 5.56 Å². The third kappa shape index (κ3) is 5.80. The number of nitrogens with two attached hydrogens (primary N) is 1. The van der Waals surface area contributed by atoms with Crippen LogP contribution in [0.3, 0.4) is 0 Å². The Morgan fingerprint density at radius 2 is 1.73 bits per heavy atom. The molecule has 0 bridgehead atoms. The molecule has 8 nitrogen and oxygen atoms in total.